The molecule has 0 bridgehead atoms. The number of carbonyl (C=O) groups is 1. The fourth-order valence-electron chi connectivity index (χ4n) is 3.02. The van der Waals surface area contributed by atoms with Crippen LogP contribution in [-0.4, -0.2) is 41.9 Å². The zero-order chi connectivity index (χ0) is 18.7. The molecule has 26 heavy (non-hydrogen) atoms. The Balaban J connectivity index is 1.66. The third-order valence-corrected chi connectivity index (χ3v) is 4.78. The minimum atomic E-state index is -0.525. The minimum Gasteiger partial charge on any atom is -0.362 e. The van der Waals surface area contributed by atoms with Gasteiger partial charge >= 0.3 is 0 Å². The Morgan fingerprint density at radius 2 is 1.85 bits per heavy atom. The molecule has 0 unspecified atom stereocenters. The van der Waals surface area contributed by atoms with E-state index in [4.69, 9.17) is 11.6 Å². The Kier molecular flexibility index (Phi) is 5.37. The number of piperazine rings is 1. The van der Waals surface area contributed by atoms with E-state index in [1.165, 1.54) is 12.1 Å². The topological polar surface area (TPSA) is 66.7 Å². The van der Waals surface area contributed by atoms with Crippen LogP contribution in [0.25, 0.3) is 0 Å². The average Bonchev–Trinajstić information content (AvgIpc) is 2.63. The van der Waals surface area contributed by atoms with E-state index in [0.717, 1.165) is 11.6 Å². The molecule has 2 aromatic rings. The maximum absolute atomic E-state index is 13.5. The number of halogens is 2. The average molecular weight is 378 g/mol. The normalized spacial score (nSPS) is 14.4. The van der Waals surface area contributed by atoms with E-state index in [2.05, 4.69) is 0 Å². The molecule has 0 atom stereocenters. The summed E-state index contributed by atoms with van der Waals surface area (Å²) in [5.74, 6) is -0.575. The summed E-state index contributed by atoms with van der Waals surface area (Å²) in [6, 6.07) is 10.6. The van der Waals surface area contributed by atoms with Gasteiger partial charge in [-0.05, 0) is 17.7 Å². The molecule has 1 fully saturated rings. The molecule has 1 aliphatic rings. The molecule has 0 N–H and O–H groups in total. The van der Waals surface area contributed by atoms with Crippen molar-refractivity contribution in [2.24, 2.45) is 0 Å². The van der Waals surface area contributed by atoms with Crippen molar-refractivity contribution in [1.29, 1.82) is 0 Å². The molecule has 1 heterocycles. The summed E-state index contributed by atoms with van der Waals surface area (Å²) in [4.78, 5) is 26.5. The van der Waals surface area contributed by atoms with Gasteiger partial charge in [-0.25, -0.2) is 4.39 Å². The van der Waals surface area contributed by atoms with E-state index in [0.29, 0.717) is 31.2 Å². The van der Waals surface area contributed by atoms with Crippen molar-refractivity contribution < 1.29 is 14.1 Å². The monoisotopic (exact) mass is 377 g/mol. The molecule has 1 saturated heterocycles. The summed E-state index contributed by atoms with van der Waals surface area (Å²) in [5, 5.41) is 11.7. The lowest BCUT2D eigenvalue weighted by Crippen LogP contribution is -2.49. The Bertz CT molecular complexity index is 838. The second-order valence-electron chi connectivity index (χ2n) is 6.03. The predicted molar refractivity (Wildman–Crippen MR) is 97.0 cm³/mol. The number of anilines is 1. The van der Waals surface area contributed by atoms with Gasteiger partial charge in [0.25, 0.3) is 5.69 Å². The van der Waals surface area contributed by atoms with Crippen LogP contribution in [0.1, 0.15) is 5.56 Å². The summed E-state index contributed by atoms with van der Waals surface area (Å²) in [6.45, 7) is 1.63. The standard InChI is InChI=1S/C18H17ClFN3O3/c19-15-4-2-1-3-13(15)11-18(24)22-9-7-21(8-10-22)17-12-14(20)5-6-16(17)23(25)26/h1-6,12H,7-11H2. The van der Waals surface area contributed by atoms with E-state index in [9.17, 15) is 19.3 Å². The number of nitro groups is 1. The first-order valence-corrected chi connectivity index (χ1v) is 8.53. The van der Waals surface area contributed by atoms with E-state index in [-0.39, 0.29) is 23.7 Å². The number of hydrogen-bond donors (Lipinski definition) is 0. The van der Waals surface area contributed by atoms with Crippen LogP contribution in [0.2, 0.25) is 5.02 Å². The van der Waals surface area contributed by atoms with Gasteiger partial charge in [0.15, 0.2) is 0 Å². The summed E-state index contributed by atoms with van der Waals surface area (Å²) >= 11 is 6.09. The summed E-state index contributed by atoms with van der Waals surface area (Å²) in [5.41, 5.74) is 0.873. The van der Waals surface area contributed by atoms with Crippen LogP contribution in [-0.2, 0) is 11.2 Å². The van der Waals surface area contributed by atoms with Gasteiger partial charge in [0.2, 0.25) is 5.91 Å². The Hall–Kier alpha value is -2.67. The van der Waals surface area contributed by atoms with Crippen molar-refractivity contribution in [1.82, 2.24) is 4.90 Å². The SMILES string of the molecule is O=C(Cc1ccccc1Cl)N1CCN(c2cc(F)ccc2[N+](=O)[O-])CC1. The zero-order valence-electron chi connectivity index (χ0n) is 13.9. The van der Waals surface area contributed by atoms with Gasteiger partial charge in [0.05, 0.1) is 11.3 Å². The molecule has 2 aromatic carbocycles. The molecule has 6 nitrogen and oxygen atoms in total. The first kappa shape index (κ1) is 18.1. The van der Waals surface area contributed by atoms with Crippen molar-refractivity contribution in [3.8, 4) is 0 Å². The third-order valence-electron chi connectivity index (χ3n) is 4.41. The van der Waals surface area contributed by atoms with E-state index in [1.807, 2.05) is 12.1 Å². The van der Waals surface area contributed by atoms with Crippen molar-refractivity contribution in [2.75, 3.05) is 31.1 Å². The summed E-state index contributed by atoms with van der Waals surface area (Å²) in [7, 11) is 0. The van der Waals surface area contributed by atoms with Crippen LogP contribution in [0.3, 0.4) is 0 Å². The van der Waals surface area contributed by atoms with Crippen molar-refractivity contribution in [3.63, 3.8) is 0 Å². The summed E-state index contributed by atoms with van der Waals surface area (Å²) < 4.78 is 13.5. The van der Waals surface area contributed by atoms with Crippen LogP contribution in [0.4, 0.5) is 15.8 Å². The quantitative estimate of drug-likeness (QED) is 0.605. The molecule has 3 rings (SSSR count). The molecule has 1 aliphatic heterocycles. The molecule has 0 spiro atoms. The molecule has 136 valence electrons. The third kappa shape index (κ3) is 3.94. The molecule has 0 saturated carbocycles. The van der Waals surface area contributed by atoms with Crippen LogP contribution in [0.5, 0.6) is 0 Å². The summed E-state index contributed by atoms with van der Waals surface area (Å²) in [6.07, 6.45) is 0.208. The van der Waals surface area contributed by atoms with Crippen LogP contribution >= 0.6 is 11.6 Å². The van der Waals surface area contributed by atoms with E-state index < -0.39 is 10.7 Å². The lowest BCUT2D eigenvalue weighted by Gasteiger charge is -2.36. The number of amides is 1. The fourth-order valence-corrected chi connectivity index (χ4v) is 3.22. The number of nitrogens with zero attached hydrogens (tertiary/aromatic N) is 3. The molecular formula is C18H17ClFN3O3. The Morgan fingerprint density at radius 3 is 2.50 bits per heavy atom. The number of rotatable bonds is 4. The van der Waals surface area contributed by atoms with Gasteiger partial charge in [0.1, 0.15) is 11.5 Å². The maximum Gasteiger partial charge on any atom is 0.292 e. The van der Waals surface area contributed by atoms with Crippen molar-refractivity contribution >= 4 is 28.9 Å². The van der Waals surface area contributed by atoms with Gasteiger partial charge in [0, 0.05) is 43.3 Å². The maximum atomic E-state index is 13.5. The van der Waals surface area contributed by atoms with Crippen molar-refractivity contribution in [3.05, 3.63) is 69.0 Å². The van der Waals surface area contributed by atoms with Gasteiger partial charge in [-0.3, -0.25) is 14.9 Å². The highest BCUT2D eigenvalue weighted by Crippen LogP contribution is 2.29. The zero-order valence-corrected chi connectivity index (χ0v) is 14.7. The number of carbonyl (C=O) groups excluding carboxylic acids is 1. The van der Waals surface area contributed by atoms with Gasteiger partial charge in [-0.2, -0.15) is 0 Å². The Morgan fingerprint density at radius 1 is 1.15 bits per heavy atom. The number of nitro benzene ring substituents is 1. The van der Waals surface area contributed by atoms with Crippen molar-refractivity contribution in [2.45, 2.75) is 6.42 Å². The molecule has 1 amide bonds. The second-order valence-corrected chi connectivity index (χ2v) is 6.43. The molecule has 0 radical (unpaired) electrons. The minimum absolute atomic E-state index is 0.0495. The lowest BCUT2D eigenvalue weighted by molar-refractivity contribution is -0.384. The smallest absolute Gasteiger partial charge is 0.292 e. The predicted octanol–water partition coefficient (Wildman–Crippen LogP) is 3.28. The lowest BCUT2D eigenvalue weighted by atomic mass is 10.1. The van der Waals surface area contributed by atoms with Gasteiger partial charge in [-0.15, -0.1) is 0 Å². The number of benzene rings is 2. The van der Waals surface area contributed by atoms with Crippen LogP contribution < -0.4 is 4.90 Å². The van der Waals surface area contributed by atoms with Gasteiger partial charge in [-0.1, -0.05) is 29.8 Å². The largest absolute Gasteiger partial charge is 0.362 e. The van der Waals surface area contributed by atoms with Crippen LogP contribution in [0, 0.1) is 15.9 Å². The first-order chi connectivity index (χ1) is 12.5. The van der Waals surface area contributed by atoms with E-state index >= 15 is 0 Å². The van der Waals surface area contributed by atoms with Gasteiger partial charge < -0.3 is 9.80 Å². The number of hydrogen-bond acceptors (Lipinski definition) is 4. The van der Waals surface area contributed by atoms with Crippen LogP contribution in [0.15, 0.2) is 42.5 Å². The molecule has 0 aliphatic carbocycles. The Labute approximate surface area is 154 Å². The van der Waals surface area contributed by atoms with E-state index in [1.54, 1.807) is 21.9 Å². The highest BCUT2D eigenvalue weighted by atomic mass is 35.5. The molecular weight excluding hydrogens is 361 g/mol. The molecule has 0 aromatic heterocycles. The highest BCUT2D eigenvalue weighted by molar-refractivity contribution is 6.31. The fraction of sp³-hybridized carbons (Fsp3) is 0.278. The first-order valence-electron chi connectivity index (χ1n) is 8.16. The molecule has 8 heteroatoms. The second kappa shape index (κ2) is 7.70. The highest BCUT2D eigenvalue weighted by Gasteiger charge is 2.26.